The molecule has 0 heterocycles. The minimum absolute atomic E-state index is 0.143. The van der Waals surface area contributed by atoms with Gasteiger partial charge >= 0.3 is 5.97 Å². The molecule has 1 aliphatic carbocycles. The molecule has 140 valence electrons. The molecule has 2 aromatic carbocycles. The van der Waals surface area contributed by atoms with Crippen molar-refractivity contribution in [1.29, 1.82) is 0 Å². The van der Waals surface area contributed by atoms with Gasteiger partial charge in [0.25, 0.3) is 0 Å². The molecule has 0 aromatic heterocycles. The highest BCUT2D eigenvalue weighted by Gasteiger charge is 2.37. The first kappa shape index (κ1) is 19.2. The molecule has 0 radical (unpaired) electrons. The zero-order valence-corrected chi connectivity index (χ0v) is 16.7. The summed E-state index contributed by atoms with van der Waals surface area (Å²) in [5.74, 6) is -0.951. The van der Waals surface area contributed by atoms with E-state index in [0.717, 1.165) is 22.3 Å². The summed E-state index contributed by atoms with van der Waals surface area (Å²) in [5.41, 5.74) is 6.99. The van der Waals surface area contributed by atoms with Crippen LogP contribution in [0.15, 0.2) is 55.1 Å². The van der Waals surface area contributed by atoms with Gasteiger partial charge in [-0.3, -0.25) is 0 Å². The van der Waals surface area contributed by atoms with E-state index in [-0.39, 0.29) is 10.8 Å². The molecular weight excluding hydrogens is 332 g/mol. The maximum absolute atomic E-state index is 10.9. The average molecular weight is 360 g/mol. The van der Waals surface area contributed by atoms with E-state index >= 15 is 0 Å². The molecule has 0 atom stereocenters. The minimum atomic E-state index is -0.951. The minimum Gasteiger partial charge on any atom is -0.478 e. The van der Waals surface area contributed by atoms with E-state index in [4.69, 9.17) is 5.11 Å². The molecule has 27 heavy (non-hydrogen) atoms. The van der Waals surface area contributed by atoms with Crippen LogP contribution in [-0.4, -0.2) is 11.1 Å². The monoisotopic (exact) mass is 360 g/mol. The summed E-state index contributed by atoms with van der Waals surface area (Å²) in [6.07, 6.45) is 5.16. The molecule has 0 aliphatic heterocycles. The lowest BCUT2D eigenvalue weighted by molar-refractivity contribution is -0.131. The number of carbonyl (C=O) groups is 1. The second-order valence-electron chi connectivity index (χ2n) is 8.77. The molecule has 0 unspecified atom stereocenters. The van der Waals surface area contributed by atoms with Crippen molar-refractivity contribution in [2.45, 2.75) is 51.4 Å². The summed E-state index contributed by atoms with van der Waals surface area (Å²) in [7, 11) is 0. The first-order valence-electron chi connectivity index (χ1n) is 9.46. The van der Waals surface area contributed by atoms with Crippen LogP contribution in [0.4, 0.5) is 0 Å². The van der Waals surface area contributed by atoms with Gasteiger partial charge in [0.1, 0.15) is 0 Å². The van der Waals surface area contributed by atoms with Crippen molar-refractivity contribution in [2.24, 2.45) is 0 Å². The Kier molecular flexibility index (Phi) is 4.86. The lowest BCUT2D eigenvalue weighted by Crippen LogP contribution is -2.33. The SMILES string of the molecule is C=C(c1ccc2c(c1)C(C)(C)CCC2(C)C)c1ccccc1C=CC(=O)O. The lowest BCUT2D eigenvalue weighted by atomic mass is 9.63. The highest BCUT2D eigenvalue weighted by molar-refractivity contribution is 5.89. The summed E-state index contributed by atoms with van der Waals surface area (Å²) in [6.45, 7) is 13.6. The molecule has 0 bridgehead atoms. The number of fused-ring (bicyclic) bond motifs is 1. The molecule has 0 saturated heterocycles. The van der Waals surface area contributed by atoms with E-state index in [0.29, 0.717) is 0 Å². The third kappa shape index (κ3) is 3.75. The molecule has 0 saturated carbocycles. The Morgan fingerprint density at radius 1 is 1.00 bits per heavy atom. The molecule has 1 N–H and O–H groups in total. The zero-order chi connectivity index (χ0) is 19.8. The van der Waals surface area contributed by atoms with E-state index in [1.54, 1.807) is 6.08 Å². The van der Waals surface area contributed by atoms with Gasteiger partial charge in [0.15, 0.2) is 0 Å². The fraction of sp³-hybridized carbons (Fsp3) is 0.320. The van der Waals surface area contributed by atoms with Gasteiger partial charge in [-0.05, 0) is 63.1 Å². The Morgan fingerprint density at radius 3 is 2.30 bits per heavy atom. The Bertz CT molecular complexity index is 929. The summed E-state index contributed by atoms with van der Waals surface area (Å²) in [4.78, 5) is 10.9. The van der Waals surface area contributed by atoms with Gasteiger partial charge in [-0.1, -0.05) is 76.7 Å². The van der Waals surface area contributed by atoms with Crippen molar-refractivity contribution in [3.05, 3.63) is 82.9 Å². The van der Waals surface area contributed by atoms with Gasteiger partial charge in [0, 0.05) is 6.08 Å². The van der Waals surface area contributed by atoms with Gasteiger partial charge < -0.3 is 5.11 Å². The standard InChI is InChI=1S/C25H28O2/c1-17(20-9-7-6-8-18(20)11-13-23(26)27)19-10-12-21-22(16-19)25(4,5)15-14-24(21,2)3/h6-13,16H,1,14-15H2,2-5H3,(H,26,27). The highest BCUT2D eigenvalue weighted by atomic mass is 16.4. The lowest BCUT2D eigenvalue weighted by Gasteiger charge is -2.42. The van der Waals surface area contributed by atoms with Crippen molar-refractivity contribution in [3.8, 4) is 0 Å². The van der Waals surface area contributed by atoms with Gasteiger partial charge in [-0.15, -0.1) is 0 Å². The van der Waals surface area contributed by atoms with Crippen molar-refractivity contribution in [3.63, 3.8) is 0 Å². The third-order valence-corrected chi connectivity index (χ3v) is 5.89. The van der Waals surface area contributed by atoms with E-state index in [2.05, 4.69) is 52.5 Å². The van der Waals surface area contributed by atoms with Crippen molar-refractivity contribution >= 4 is 17.6 Å². The number of rotatable bonds is 4. The van der Waals surface area contributed by atoms with Crippen LogP contribution in [0.3, 0.4) is 0 Å². The molecular formula is C25H28O2. The maximum Gasteiger partial charge on any atom is 0.328 e. The largest absolute Gasteiger partial charge is 0.478 e. The third-order valence-electron chi connectivity index (χ3n) is 5.89. The van der Waals surface area contributed by atoms with Gasteiger partial charge in [-0.25, -0.2) is 4.79 Å². The van der Waals surface area contributed by atoms with Crippen LogP contribution in [-0.2, 0) is 15.6 Å². The van der Waals surface area contributed by atoms with Gasteiger partial charge in [0.2, 0.25) is 0 Å². The predicted octanol–water partition coefficient (Wildman–Crippen LogP) is 6.19. The Balaban J connectivity index is 2.07. The molecule has 0 fully saturated rings. The summed E-state index contributed by atoms with van der Waals surface area (Å²) in [5, 5.41) is 8.95. The van der Waals surface area contributed by atoms with Crippen LogP contribution in [0.1, 0.15) is 68.4 Å². The van der Waals surface area contributed by atoms with Crippen LogP contribution < -0.4 is 0 Å². The Morgan fingerprint density at radius 2 is 1.63 bits per heavy atom. The van der Waals surface area contributed by atoms with Crippen molar-refractivity contribution in [2.75, 3.05) is 0 Å². The van der Waals surface area contributed by atoms with E-state index in [1.165, 1.54) is 30.0 Å². The topological polar surface area (TPSA) is 37.3 Å². The van der Waals surface area contributed by atoms with E-state index in [9.17, 15) is 4.79 Å². The zero-order valence-electron chi connectivity index (χ0n) is 16.7. The van der Waals surface area contributed by atoms with Gasteiger partial charge in [-0.2, -0.15) is 0 Å². The smallest absolute Gasteiger partial charge is 0.328 e. The fourth-order valence-corrected chi connectivity index (χ4v) is 4.01. The Labute approximate surface area is 162 Å². The first-order chi connectivity index (χ1) is 12.6. The summed E-state index contributed by atoms with van der Waals surface area (Å²) >= 11 is 0. The summed E-state index contributed by atoms with van der Waals surface area (Å²) < 4.78 is 0. The van der Waals surface area contributed by atoms with Crippen LogP contribution in [0.5, 0.6) is 0 Å². The number of carboxylic acids is 1. The second kappa shape index (κ2) is 6.84. The Hall–Kier alpha value is -2.61. The van der Waals surface area contributed by atoms with E-state index in [1.807, 2.05) is 24.3 Å². The molecule has 3 rings (SSSR count). The van der Waals surface area contributed by atoms with E-state index < -0.39 is 5.97 Å². The first-order valence-corrected chi connectivity index (χ1v) is 9.46. The second-order valence-corrected chi connectivity index (χ2v) is 8.77. The fourth-order valence-electron chi connectivity index (χ4n) is 4.01. The number of aliphatic carboxylic acids is 1. The quantitative estimate of drug-likeness (QED) is 0.660. The molecule has 0 spiro atoms. The van der Waals surface area contributed by atoms with Gasteiger partial charge in [0.05, 0.1) is 0 Å². The molecule has 2 nitrogen and oxygen atoms in total. The van der Waals surface area contributed by atoms with Crippen LogP contribution >= 0.6 is 0 Å². The van der Waals surface area contributed by atoms with Crippen LogP contribution in [0.25, 0.3) is 11.6 Å². The average Bonchev–Trinajstić information content (AvgIpc) is 2.63. The molecule has 0 amide bonds. The van der Waals surface area contributed by atoms with Crippen LogP contribution in [0, 0.1) is 0 Å². The number of hydrogen-bond acceptors (Lipinski definition) is 1. The number of hydrogen-bond donors (Lipinski definition) is 1. The van der Waals surface area contributed by atoms with Crippen molar-refractivity contribution < 1.29 is 9.90 Å². The maximum atomic E-state index is 10.9. The summed E-state index contributed by atoms with van der Waals surface area (Å²) in [6, 6.07) is 14.5. The normalized spacial score (nSPS) is 17.5. The van der Waals surface area contributed by atoms with Crippen molar-refractivity contribution in [1.82, 2.24) is 0 Å². The predicted molar refractivity (Wildman–Crippen MR) is 113 cm³/mol. The van der Waals surface area contributed by atoms with Crippen LogP contribution in [0.2, 0.25) is 0 Å². The molecule has 1 aliphatic rings. The highest BCUT2D eigenvalue weighted by Crippen LogP contribution is 2.46. The number of carboxylic acid groups (broad SMARTS) is 1. The number of benzene rings is 2. The molecule has 2 aromatic rings. The molecule has 2 heteroatoms.